The first-order chi connectivity index (χ1) is 13.5. The Morgan fingerprint density at radius 3 is 2.54 bits per heavy atom. The van der Waals surface area contributed by atoms with Gasteiger partial charge in [-0.15, -0.1) is 0 Å². The summed E-state index contributed by atoms with van der Waals surface area (Å²) in [6.07, 6.45) is 2.29. The lowest BCUT2D eigenvalue weighted by molar-refractivity contribution is -0.384. The summed E-state index contributed by atoms with van der Waals surface area (Å²) in [7, 11) is 0. The Morgan fingerprint density at radius 1 is 1.25 bits per heavy atom. The van der Waals surface area contributed by atoms with Crippen molar-refractivity contribution >= 4 is 23.2 Å². The Morgan fingerprint density at radius 2 is 1.93 bits per heavy atom. The van der Waals surface area contributed by atoms with Gasteiger partial charge in [-0.1, -0.05) is 48.9 Å². The summed E-state index contributed by atoms with van der Waals surface area (Å²) in [5.74, 6) is 0.396. The van der Waals surface area contributed by atoms with Crippen molar-refractivity contribution in [3.8, 4) is 0 Å². The van der Waals surface area contributed by atoms with E-state index in [1.165, 1.54) is 18.2 Å². The summed E-state index contributed by atoms with van der Waals surface area (Å²) in [5, 5.41) is 13.9. The van der Waals surface area contributed by atoms with Crippen LogP contribution >= 0.6 is 11.6 Å². The van der Waals surface area contributed by atoms with Crippen LogP contribution in [0.1, 0.15) is 41.7 Å². The van der Waals surface area contributed by atoms with Crippen LogP contribution in [0.25, 0.3) is 0 Å². The molecule has 2 aromatic rings. The molecule has 0 aromatic heterocycles. The molecule has 148 valence electrons. The monoisotopic (exact) mass is 401 g/mol. The maximum Gasteiger partial charge on any atom is 0.270 e. The second-order valence-electron chi connectivity index (χ2n) is 7.28. The maximum atomic E-state index is 12.6. The summed E-state index contributed by atoms with van der Waals surface area (Å²) >= 11 is 6.09. The summed E-state index contributed by atoms with van der Waals surface area (Å²) < 4.78 is 0. The summed E-state index contributed by atoms with van der Waals surface area (Å²) in [4.78, 5) is 25.4. The Balaban J connectivity index is 1.73. The molecule has 0 aliphatic carbocycles. The standard InChI is InChI=1S/C21H24ClN3O3/c1-15-9-11-24(12-10-15)20(16-5-3-2-4-6-16)14-23-21(26)18-8-7-17(25(27)28)13-19(18)22/h2-8,13,15,20H,9-12,14H2,1H3,(H,23,26). The lowest BCUT2D eigenvalue weighted by Crippen LogP contribution is -2.42. The van der Waals surface area contributed by atoms with Gasteiger partial charge in [-0.05, 0) is 43.5 Å². The number of non-ortho nitro benzene ring substituents is 1. The van der Waals surface area contributed by atoms with Crippen LogP contribution in [0.4, 0.5) is 5.69 Å². The van der Waals surface area contributed by atoms with Crippen LogP contribution in [0.3, 0.4) is 0 Å². The number of likely N-dealkylation sites (tertiary alicyclic amines) is 1. The summed E-state index contributed by atoms with van der Waals surface area (Å²) in [6.45, 7) is 4.71. The molecular weight excluding hydrogens is 378 g/mol. The van der Waals surface area contributed by atoms with Crippen LogP contribution in [0.2, 0.25) is 5.02 Å². The number of halogens is 1. The van der Waals surface area contributed by atoms with Gasteiger partial charge in [0.15, 0.2) is 0 Å². The average molecular weight is 402 g/mol. The zero-order valence-corrected chi connectivity index (χ0v) is 16.6. The molecule has 2 aromatic carbocycles. The fourth-order valence-corrected chi connectivity index (χ4v) is 3.82. The maximum absolute atomic E-state index is 12.6. The number of hydrogen-bond acceptors (Lipinski definition) is 4. The van der Waals surface area contributed by atoms with Gasteiger partial charge in [0.2, 0.25) is 0 Å². The first-order valence-electron chi connectivity index (χ1n) is 9.47. The number of carbonyl (C=O) groups excluding carboxylic acids is 1. The van der Waals surface area contributed by atoms with Gasteiger partial charge in [-0.3, -0.25) is 19.8 Å². The third-order valence-corrected chi connectivity index (χ3v) is 5.62. The number of nitrogens with zero attached hydrogens (tertiary/aromatic N) is 2. The van der Waals surface area contributed by atoms with E-state index in [4.69, 9.17) is 11.6 Å². The van der Waals surface area contributed by atoms with Crippen LogP contribution < -0.4 is 5.32 Å². The zero-order chi connectivity index (χ0) is 20.1. The zero-order valence-electron chi connectivity index (χ0n) is 15.8. The van der Waals surface area contributed by atoms with E-state index in [0.717, 1.165) is 37.4 Å². The molecule has 6 nitrogen and oxygen atoms in total. The van der Waals surface area contributed by atoms with Crippen molar-refractivity contribution in [3.05, 3.63) is 74.8 Å². The number of hydrogen-bond donors (Lipinski definition) is 1. The topological polar surface area (TPSA) is 75.5 Å². The molecule has 1 atom stereocenters. The highest BCUT2D eigenvalue weighted by Crippen LogP contribution is 2.27. The summed E-state index contributed by atoms with van der Waals surface area (Å²) in [6, 6.07) is 14.1. The predicted molar refractivity (Wildman–Crippen MR) is 110 cm³/mol. The lowest BCUT2D eigenvalue weighted by Gasteiger charge is -2.37. The van der Waals surface area contributed by atoms with Gasteiger partial charge >= 0.3 is 0 Å². The molecule has 1 unspecified atom stereocenters. The van der Waals surface area contributed by atoms with Crippen LogP contribution in [0.15, 0.2) is 48.5 Å². The number of nitro benzene ring substituents is 1. The Hall–Kier alpha value is -2.44. The minimum absolute atomic E-state index is 0.0782. The van der Waals surface area contributed by atoms with Gasteiger partial charge in [0.05, 0.1) is 21.6 Å². The van der Waals surface area contributed by atoms with Crippen LogP contribution in [0, 0.1) is 16.0 Å². The van der Waals surface area contributed by atoms with Gasteiger partial charge in [0.25, 0.3) is 11.6 Å². The molecule has 0 bridgehead atoms. The van der Waals surface area contributed by atoms with Crippen molar-refractivity contribution in [2.75, 3.05) is 19.6 Å². The molecule has 1 heterocycles. The first-order valence-corrected chi connectivity index (χ1v) is 9.84. The molecule has 28 heavy (non-hydrogen) atoms. The van der Waals surface area contributed by atoms with Gasteiger partial charge in [0, 0.05) is 18.7 Å². The molecule has 0 radical (unpaired) electrons. The molecule has 1 aliphatic heterocycles. The third kappa shape index (κ3) is 4.88. The summed E-state index contributed by atoms with van der Waals surface area (Å²) in [5.41, 5.74) is 1.27. The largest absolute Gasteiger partial charge is 0.350 e. The second kappa shape index (κ2) is 9.17. The van der Waals surface area contributed by atoms with Crippen LogP contribution in [-0.2, 0) is 0 Å². The van der Waals surface area contributed by atoms with Crippen molar-refractivity contribution in [3.63, 3.8) is 0 Å². The van der Waals surface area contributed by atoms with Gasteiger partial charge in [-0.2, -0.15) is 0 Å². The van der Waals surface area contributed by atoms with Crippen molar-refractivity contribution in [1.29, 1.82) is 0 Å². The molecule has 0 spiro atoms. The fraction of sp³-hybridized carbons (Fsp3) is 0.381. The molecule has 1 amide bonds. The Kier molecular flexibility index (Phi) is 6.65. The second-order valence-corrected chi connectivity index (χ2v) is 7.68. The van der Waals surface area contributed by atoms with E-state index in [1.54, 1.807) is 0 Å². The highest BCUT2D eigenvalue weighted by atomic mass is 35.5. The highest BCUT2D eigenvalue weighted by Gasteiger charge is 2.25. The van der Waals surface area contributed by atoms with E-state index >= 15 is 0 Å². The van der Waals surface area contributed by atoms with Gasteiger partial charge in [-0.25, -0.2) is 0 Å². The lowest BCUT2D eigenvalue weighted by atomic mass is 9.95. The van der Waals surface area contributed by atoms with Crippen LogP contribution in [-0.4, -0.2) is 35.4 Å². The SMILES string of the molecule is CC1CCN(C(CNC(=O)c2ccc([N+](=O)[O-])cc2Cl)c2ccccc2)CC1. The first kappa shape index (κ1) is 20.3. The number of carbonyl (C=O) groups is 1. The molecule has 1 N–H and O–H groups in total. The van der Waals surface area contributed by atoms with Gasteiger partial charge in [0.1, 0.15) is 0 Å². The highest BCUT2D eigenvalue weighted by molar-refractivity contribution is 6.34. The number of rotatable bonds is 6. The van der Waals surface area contributed by atoms with E-state index < -0.39 is 4.92 Å². The van der Waals surface area contributed by atoms with Crippen molar-refractivity contribution in [2.24, 2.45) is 5.92 Å². The normalized spacial score (nSPS) is 16.5. The van der Waals surface area contributed by atoms with Crippen molar-refractivity contribution in [1.82, 2.24) is 10.2 Å². The number of nitrogens with one attached hydrogen (secondary N) is 1. The Bertz CT molecular complexity index is 836. The van der Waals surface area contributed by atoms with Crippen molar-refractivity contribution < 1.29 is 9.72 Å². The molecule has 7 heteroatoms. The molecule has 3 rings (SSSR count). The van der Waals surface area contributed by atoms with Crippen LogP contribution in [0.5, 0.6) is 0 Å². The van der Waals surface area contributed by atoms with Crippen molar-refractivity contribution in [2.45, 2.75) is 25.8 Å². The molecule has 0 saturated carbocycles. The Labute approximate surface area is 169 Å². The van der Waals surface area contributed by atoms with Gasteiger partial charge < -0.3 is 5.32 Å². The minimum Gasteiger partial charge on any atom is -0.350 e. The molecule has 1 aliphatic rings. The number of amides is 1. The predicted octanol–water partition coefficient (Wildman–Crippen LogP) is 4.45. The van der Waals surface area contributed by atoms with E-state index in [0.29, 0.717) is 6.54 Å². The number of benzene rings is 2. The quantitative estimate of drug-likeness (QED) is 0.573. The number of piperidine rings is 1. The van der Waals surface area contributed by atoms with E-state index in [9.17, 15) is 14.9 Å². The average Bonchev–Trinajstić information content (AvgIpc) is 2.70. The molecule has 1 saturated heterocycles. The third-order valence-electron chi connectivity index (χ3n) is 5.31. The smallest absolute Gasteiger partial charge is 0.270 e. The number of nitro groups is 1. The van der Waals surface area contributed by atoms with E-state index in [1.807, 2.05) is 18.2 Å². The molecule has 1 fully saturated rings. The van der Waals surface area contributed by atoms with E-state index in [2.05, 4.69) is 29.3 Å². The minimum atomic E-state index is -0.531. The molecular formula is C21H24ClN3O3. The fourth-order valence-electron chi connectivity index (χ4n) is 3.56. The van der Waals surface area contributed by atoms with E-state index in [-0.39, 0.29) is 28.2 Å².